The average molecular weight is 296 g/mol. The first kappa shape index (κ1) is 13.5. The van der Waals surface area contributed by atoms with Gasteiger partial charge in [-0.1, -0.05) is 6.07 Å². The Kier molecular flexibility index (Phi) is 3.04. The minimum absolute atomic E-state index is 0.0290. The van der Waals surface area contributed by atoms with E-state index in [1.54, 1.807) is 0 Å². The molecule has 0 atom stereocenters. The Morgan fingerprint density at radius 3 is 2.95 bits per heavy atom. The summed E-state index contributed by atoms with van der Waals surface area (Å²) in [4.78, 5) is 12.8. The van der Waals surface area contributed by atoms with E-state index in [0.29, 0.717) is 24.4 Å². The number of fused-ring (bicyclic) bond motifs is 3. The molecule has 1 fully saturated rings. The number of rotatable bonds is 4. The summed E-state index contributed by atoms with van der Waals surface area (Å²) >= 11 is 0. The van der Waals surface area contributed by atoms with Crippen LogP contribution >= 0.6 is 0 Å². The number of aromatic nitrogens is 3. The molecule has 0 bridgehead atoms. The second-order valence-electron chi connectivity index (χ2n) is 6.22. The molecule has 4 rings (SSSR count). The first-order valence-electron chi connectivity index (χ1n) is 7.92. The SMILES string of the molecule is Cc1[nH]nc2c1c(=O)n(CCCN)c1ccc(C3CC3)cc21. The summed E-state index contributed by atoms with van der Waals surface area (Å²) in [5.74, 6) is 0.684. The van der Waals surface area contributed by atoms with Crippen molar-refractivity contribution in [2.24, 2.45) is 5.73 Å². The minimum atomic E-state index is 0.0290. The van der Waals surface area contributed by atoms with Gasteiger partial charge in [0.2, 0.25) is 0 Å². The number of hydrogen-bond donors (Lipinski definition) is 2. The van der Waals surface area contributed by atoms with Gasteiger partial charge in [0.05, 0.1) is 10.9 Å². The van der Waals surface area contributed by atoms with E-state index in [2.05, 4.69) is 28.4 Å². The normalized spacial score (nSPS) is 15.0. The smallest absolute Gasteiger partial charge is 0.262 e. The summed E-state index contributed by atoms with van der Waals surface area (Å²) in [6.45, 7) is 3.13. The zero-order valence-electron chi connectivity index (χ0n) is 12.7. The maximum absolute atomic E-state index is 12.8. The van der Waals surface area contributed by atoms with Gasteiger partial charge in [-0.15, -0.1) is 0 Å². The highest BCUT2D eigenvalue weighted by molar-refractivity contribution is 6.04. The predicted octanol–water partition coefficient (Wildman–Crippen LogP) is 2.41. The number of nitrogens with zero attached hydrogens (tertiary/aromatic N) is 2. The van der Waals surface area contributed by atoms with Gasteiger partial charge >= 0.3 is 0 Å². The second-order valence-corrected chi connectivity index (χ2v) is 6.22. The number of benzene rings is 1. The van der Waals surface area contributed by atoms with Crippen LogP contribution in [0, 0.1) is 6.92 Å². The quantitative estimate of drug-likeness (QED) is 0.776. The standard InChI is InChI=1S/C17H20N4O/c1-10-15-16(20-19-10)13-9-12(11-3-4-11)5-6-14(13)21(17(15)22)8-2-7-18/h5-6,9,11H,2-4,7-8,18H2,1H3,(H,19,20). The van der Waals surface area contributed by atoms with Crippen LogP contribution in [0.4, 0.5) is 0 Å². The van der Waals surface area contributed by atoms with Crippen molar-refractivity contribution in [1.29, 1.82) is 0 Å². The van der Waals surface area contributed by atoms with Crippen molar-refractivity contribution in [2.45, 2.75) is 38.6 Å². The zero-order valence-corrected chi connectivity index (χ0v) is 12.7. The molecule has 1 saturated carbocycles. The largest absolute Gasteiger partial charge is 0.330 e. The second kappa shape index (κ2) is 4.95. The van der Waals surface area contributed by atoms with E-state index in [1.807, 2.05) is 11.5 Å². The highest BCUT2D eigenvalue weighted by atomic mass is 16.1. The summed E-state index contributed by atoms with van der Waals surface area (Å²) < 4.78 is 1.85. The van der Waals surface area contributed by atoms with Crippen LogP contribution in [-0.2, 0) is 6.54 Å². The van der Waals surface area contributed by atoms with Crippen LogP contribution in [-0.4, -0.2) is 21.3 Å². The minimum Gasteiger partial charge on any atom is -0.330 e. The van der Waals surface area contributed by atoms with Gasteiger partial charge in [-0.05, 0) is 56.3 Å². The van der Waals surface area contributed by atoms with Crippen molar-refractivity contribution in [3.8, 4) is 0 Å². The van der Waals surface area contributed by atoms with Crippen LogP contribution in [0.5, 0.6) is 0 Å². The number of pyridine rings is 1. The van der Waals surface area contributed by atoms with Crippen LogP contribution in [0.25, 0.3) is 21.8 Å². The maximum Gasteiger partial charge on any atom is 0.262 e. The van der Waals surface area contributed by atoms with Crippen molar-refractivity contribution in [2.75, 3.05) is 6.54 Å². The molecule has 1 aliphatic rings. The van der Waals surface area contributed by atoms with E-state index in [0.717, 1.165) is 28.5 Å². The monoisotopic (exact) mass is 296 g/mol. The van der Waals surface area contributed by atoms with Crippen LogP contribution in [0.15, 0.2) is 23.0 Å². The van der Waals surface area contributed by atoms with Gasteiger partial charge in [-0.2, -0.15) is 5.10 Å². The van der Waals surface area contributed by atoms with Gasteiger partial charge in [-0.25, -0.2) is 0 Å². The van der Waals surface area contributed by atoms with Crippen molar-refractivity contribution in [3.63, 3.8) is 0 Å². The van der Waals surface area contributed by atoms with Crippen molar-refractivity contribution < 1.29 is 0 Å². The molecule has 0 aliphatic heterocycles. The lowest BCUT2D eigenvalue weighted by molar-refractivity contribution is 0.654. The van der Waals surface area contributed by atoms with Crippen LogP contribution < -0.4 is 11.3 Å². The molecule has 1 aromatic carbocycles. The Bertz CT molecular complexity index is 918. The van der Waals surface area contributed by atoms with Crippen molar-refractivity contribution in [3.05, 3.63) is 39.8 Å². The molecule has 5 nitrogen and oxygen atoms in total. The molecular formula is C17H20N4O. The Morgan fingerprint density at radius 1 is 1.41 bits per heavy atom. The van der Waals surface area contributed by atoms with Crippen molar-refractivity contribution in [1.82, 2.24) is 14.8 Å². The molecule has 0 spiro atoms. The van der Waals surface area contributed by atoms with E-state index in [1.165, 1.54) is 18.4 Å². The number of H-pyrrole nitrogens is 1. The topological polar surface area (TPSA) is 76.7 Å². The Balaban J connectivity index is 2.07. The van der Waals surface area contributed by atoms with Crippen molar-refractivity contribution >= 4 is 21.8 Å². The van der Waals surface area contributed by atoms with E-state index >= 15 is 0 Å². The molecule has 0 radical (unpaired) electrons. The predicted molar refractivity (Wildman–Crippen MR) is 88.2 cm³/mol. The van der Waals surface area contributed by atoms with Crippen LogP contribution in [0.3, 0.4) is 0 Å². The molecule has 1 aliphatic carbocycles. The number of hydrogen-bond acceptors (Lipinski definition) is 3. The molecule has 0 amide bonds. The van der Waals surface area contributed by atoms with E-state index in [4.69, 9.17) is 5.73 Å². The van der Waals surface area contributed by atoms with E-state index < -0.39 is 0 Å². The molecule has 0 unspecified atom stereocenters. The lowest BCUT2D eigenvalue weighted by atomic mass is 10.0. The molecular weight excluding hydrogens is 276 g/mol. The molecule has 22 heavy (non-hydrogen) atoms. The summed E-state index contributed by atoms with van der Waals surface area (Å²) in [5.41, 5.74) is 9.61. The molecule has 3 aromatic rings. The van der Waals surface area contributed by atoms with Gasteiger partial charge in [0, 0.05) is 17.6 Å². The van der Waals surface area contributed by atoms with Gasteiger partial charge in [0.25, 0.3) is 5.56 Å². The van der Waals surface area contributed by atoms with Gasteiger partial charge in [0.1, 0.15) is 5.52 Å². The fraction of sp³-hybridized carbons (Fsp3) is 0.412. The number of aromatic amines is 1. The van der Waals surface area contributed by atoms with E-state index in [9.17, 15) is 4.79 Å². The third kappa shape index (κ3) is 1.96. The fourth-order valence-electron chi connectivity index (χ4n) is 3.25. The fourth-order valence-corrected chi connectivity index (χ4v) is 3.25. The first-order valence-corrected chi connectivity index (χ1v) is 7.92. The molecule has 3 N–H and O–H groups in total. The Hall–Kier alpha value is -2.14. The molecule has 114 valence electrons. The maximum atomic E-state index is 12.8. The third-order valence-electron chi connectivity index (χ3n) is 4.61. The average Bonchev–Trinajstić information content (AvgIpc) is 3.30. The highest BCUT2D eigenvalue weighted by Crippen LogP contribution is 2.41. The third-order valence-corrected chi connectivity index (χ3v) is 4.61. The van der Waals surface area contributed by atoms with Gasteiger partial charge in [-0.3, -0.25) is 9.89 Å². The van der Waals surface area contributed by atoms with Gasteiger partial charge in [0.15, 0.2) is 0 Å². The molecule has 5 heteroatoms. The Morgan fingerprint density at radius 2 is 2.23 bits per heavy atom. The highest BCUT2D eigenvalue weighted by Gasteiger charge is 2.24. The summed E-state index contributed by atoms with van der Waals surface area (Å²) in [6.07, 6.45) is 3.32. The summed E-state index contributed by atoms with van der Waals surface area (Å²) in [6, 6.07) is 6.45. The lowest BCUT2D eigenvalue weighted by Crippen LogP contribution is -2.22. The first-order chi connectivity index (χ1) is 10.7. The number of nitrogens with two attached hydrogens (primary N) is 1. The van der Waals surface area contributed by atoms with Crippen LogP contribution in [0.1, 0.15) is 36.4 Å². The Labute approximate surface area is 128 Å². The molecule has 0 saturated heterocycles. The summed E-state index contributed by atoms with van der Waals surface area (Å²) in [5, 5.41) is 9.13. The van der Waals surface area contributed by atoms with E-state index in [-0.39, 0.29) is 5.56 Å². The van der Waals surface area contributed by atoms with Gasteiger partial charge < -0.3 is 10.3 Å². The molecule has 2 aromatic heterocycles. The zero-order chi connectivity index (χ0) is 15.3. The summed E-state index contributed by atoms with van der Waals surface area (Å²) in [7, 11) is 0. The number of aryl methyl sites for hydroxylation is 2. The van der Waals surface area contributed by atoms with Crippen LogP contribution in [0.2, 0.25) is 0 Å². The number of nitrogens with one attached hydrogen (secondary N) is 1. The lowest BCUT2D eigenvalue weighted by Gasteiger charge is -2.12. The molecule has 2 heterocycles.